The van der Waals surface area contributed by atoms with Crippen molar-refractivity contribution in [2.75, 3.05) is 26.7 Å². The van der Waals surface area contributed by atoms with E-state index in [4.69, 9.17) is 4.74 Å². The largest absolute Gasteiger partial charge is 0.377 e. The van der Waals surface area contributed by atoms with Crippen LogP contribution in [0.3, 0.4) is 0 Å². The fourth-order valence-corrected chi connectivity index (χ4v) is 6.16. The van der Waals surface area contributed by atoms with E-state index in [-0.39, 0.29) is 0 Å². The Bertz CT molecular complexity index is 702. The van der Waals surface area contributed by atoms with E-state index in [1.807, 2.05) is 7.05 Å². The fourth-order valence-electron chi connectivity index (χ4n) is 6.16. The first kappa shape index (κ1) is 18.4. The average Bonchev–Trinajstić information content (AvgIpc) is 3.30. The van der Waals surface area contributed by atoms with Gasteiger partial charge in [-0.15, -0.1) is 0 Å². The van der Waals surface area contributed by atoms with Crippen LogP contribution >= 0.6 is 0 Å². The van der Waals surface area contributed by atoms with Crippen molar-refractivity contribution < 1.29 is 4.74 Å². The molecule has 4 atom stereocenters. The molecule has 4 aliphatic rings. The molecular formula is C23H34N4O. The van der Waals surface area contributed by atoms with Gasteiger partial charge in [0.2, 0.25) is 0 Å². The second kappa shape index (κ2) is 7.68. The summed E-state index contributed by atoms with van der Waals surface area (Å²) < 4.78 is 6.06. The number of aliphatic imine (C=N–C) groups is 1. The van der Waals surface area contributed by atoms with Crippen molar-refractivity contribution in [1.82, 2.24) is 15.5 Å². The maximum Gasteiger partial charge on any atom is 0.191 e. The first-order valence-corrected chi connectivity index (χ1v) is 11.2. The molecule has 0 radical (unpaired) electrons. The lowest BCUT2D eigenvalue weighted by Gasteiger charge is -2.63. The first-order chi connectivity index (χ1) is 13.8. The number of likely N-dealkylation sites (tertiary alicyclic amines) is 1. The highest BCUT2D eigenvalue weighted by Gasteiger charge is 2.66. The maximum absolute atomic E-state index is 6.06. The minimum absolute atomic E-state index is 0.394. The predicted molar refractivity (Wildman–Crippen MR) is 112 cm³/mol. The number of ether oxygens (including phenoxy) is 1. The van der Waals surface area contributed by atoms with Crippen molar-refractivity contribution in [3.05, 3.63) is 35.9 Å². The third-order valence-electron chi connectivity index (χ3n) is 7.78. The number of nitrogens with one attached hydrogen (secondary N) is 2. The van der Waals surface area contributed by atoms with Crippen molar-refractivity contribution in [2.45, 2.75) is 63.3 Å². The molecule has 1 aromatic carbocycles. The summed E-state index contributed by atoms with van der Waals surface area (Å²) in [4.78, 5) is 7.17. The van der Waals surface area contributed by atoms with E-state index >= 15 is 0 Å². The molecule has 2 saturated heterocycles. The minimum atomic E-state index is 0.394. The van der Waals surface area contributed by atoms with Crippen LogP contribution in [0.2, 0.25) is 0 Å². The van der Waals surface area contributed by atoms with Crippen LogP contribution in [0, 0.1) is 11.3 Å². The summed E-state index contributed by atoms with van der Waals surface area (Å²) in [6.07, 6.45) is 8.25. The van der Waals surface area contributed by atoms with Crippen LogP contribution in [0.1, 0.15) is 44.1 Å². The van der Waals surface area contributed by atoms with Crippen LogP contribution in [0.25, 0.3) is 0 Å². The molecule has 28 heavy (non-hydrogen) atoms. The van der Waals surface area contributed by atoms with Gasteiger partial charge in [0.05, 0.1) is 6.10 Å². The number of benzene rings is 1. The van der Waals surface area contributed by atoms with Gasteiger partial charge in [0.25, 0.3) is 0 Å². The Hall–Kier alpha value is -1.59. The second-order valence-corrected chi connectivity index (χ2v) is 9.16. The first-order valence-electron chi connectivity index (χ1n) is 11.2. The van der Waals surface area contributed by atoms with Crippen molar-refractivity contribution in [1.29, 1.82) is 0 Å². The Kier molecular flexibility index (Phi) is 5.06. The summed E-state index contributed by atoms with van der Waals surface area (Å²) in [5, 5.41) is 7.44. The van der Waals surface area contributed by atoms with E-state index in [2.05, 4.69) is 50.9 Å². The molecule has 2 aliphatic carbocycles. The van der Waals surface area contributed by atoms with Crippen LogP contribution in [0.15, 0.2) is 35.3 Å². The van der Waals surface area contributed by atoms with Crippen LogP contribution in [-0.2, 0) is 11.3 Å². The molecule has 5 heteroatoms. The summed E-state index contributed by atoms with van der Waals surface area (Å²) in [7, 11) is 1.90. The van der Waals surface area contributed by atoms with Gasteiger partial charge in [0.1, 0.15) is 0 Å². The van der Waals surface area contributed by atoms with Gasteiger partial charge in [-0.25, -0.2) is 0 Å². The van der Waals surface area contributed by atoms with Gasteiger partial charge < -0.3 is 15.4 Å². The normalized spacial score (nSPS) is 34.0. The molecule has 4 unspecified atom stereocenters. The highest BCUT2D eigenvalue weighted by atomic mass is 16.5. The Balaban J connectivity index is 1.16. The van der Waals surface area contributed by atoms with E-state index in [0.29, 0.717) is 29.5 Å². The summed E-state index contributed by atoms with van der Waals surface area (Å²) in [5.41, 5.74) is 1.80. The summed E-state index contributed by atoms with van der Waals surface area (Å²) >= 11 is 0. The average molecular weight is 383 g/mol. The topological polar surface area (TPSA) is 48.9 Å². The van der Waals surface area contributed by atoms with E-state index in [1.54, 1.807) is 0 Å². The zero-order chi connectivity index (χ0) is 19.0. The van der Waals surface area contributed by atoms with Crippen LogP contribution in [0.4, 0.5) is 0 Å². The molecule has 2 aliphatic heterocycles. The fraction of sp³-hybridized carbons (Fsp3) is 0.696. The molecule has 152 valence electrons. The number of hydrogen-bond donors (Lipinski definition) is 2. The Morgan fingerprint density at radius 3 is 2.82 bits per heavy atom. The van der Waals surface area contributed by atoms with Crippen molar-refractivity contribution in [2.24, 2.45) is 16.3 Å². The molecule has 4 fully saturated rings. The number of hydrogen-bond acceptors (Lipinski definition) is 3. The van der Waals surface area contributed by atoms with Gasteiger partial charge in [0.15, 0.2) is 5.96 Å². The molecule has 2 heterocycles. The number of nitrogens with zero attached hydrogens (tertiary/aromatic N) is 2. The smallest absolute Gasteiger partial charge is 0.191 e. The van der Waals surface area contributed by atoms with Crippen molar-refractivity contribution in [3.8, 4) is 0 Å². The quantitative estimate of drug-likeness (QED) is 0.607. The molecule has 1 aromatic rings. The third kappa shape index (κ3) is 3.13. The monoisotopic (exact) mass is 382 g/mol. The zero-order valence-electron chi connectivity index (χ0n) is 17.1. The molecule has 0 bridgehead atoms. The molecule has 2 N–H and O–H groups in total. The number of rotatable bonds is 5. The van der Waals surface area contributed by atoms with E-state index in [0.717, 1.165) is 25.7 Å². The van der Waals surface area contributed by atoms with Crippen molar-refractivity contribution in [3.63, 3.8) is 0 Å². The molecule has 2 saturated carbocycles. The molecule has 0 amide bonds. The van der Waals surface area contributed by atoms with E-state index in [9.17, 15) is 0 Å². The van der Waals surface area contributed by atoms with Gasteiger partial charge >= 0.3 is 0 Å². The molecular weight excluding hydrogens is 348 g/mol. The van der Waals surface area contributed by atoms with Crippen LogP contribution in [-0.4, -0.2) is 55.8 Å². The zero-order valence-corrected chi connectivity index (χ0v) is 17.1. The Morgan fingerprint density at radius 2 is 2.07 bits per heavy atom. The van der Waals surface area contributed by atoms with Gasteiger partial charge in [-0.3, -0.25) is 9.89 Å². The predicted octanol–water partition coefficient (Wildman–Crippen LogP) is 2.77. The van der Waals surface area contributed by atoms with Crippen molar-refractivity contribution >= 4 is 5.96 Å². The maximum atomic E-state index is 6.06. The Labute approximate surface area is 168 Å². The van der Waals surface area contributed by atoms with Gasteiger partial charge in [-0.05, 0) is 44.2 Å². The van der Waals surface area contributed by atoms with E-state index < -0.39 is 0 Å². The molecule has 0 aromatic heterocycles. The number of guanidine groups is 1. The lowest BCUT2D eigenvalue weighted by Crippen LogP contribution is -2.72. The number of fused-ring (bicyclic) bond motifs is 2. The summed E-state index contributed by atoms with van der Waals surface area (Å²) in [5.74, 6) is 1.66. The van der Waals surface area contributed by atoms with Gasteiger partial charge in [0, 0.05) is 50.2 Å². The van der Waals surface area contributed by atoms with Crippen LogP contribution in [0.5, 0.6) is 0 Å². The lowest BCUT2D eigenvalue weighted by molar-refractivity contribution is -0.171. The van der Waals surface area contributed by atoms with Crippen LogP contribution < -0.4 is 10.6 Å². The van der Waals surface area contributed by atoms with Gasteiger partial charge in [-0.1, -0.05) is 36.8 Å². The second-order valence-electron chi connectivity index (χ2n) is 9.16. The highest BCUT2D eigenvalue weighted by Crippen LogP contribution is 2.62. The van der Waals surface area contributed by atoms with Gasteiger partial charge in [-0.2, -0.15) is 0 Å². The standard InChI is InChI=1S/C23H34N4O/c1-24-22(26-20-19-10-14-28-21(19)23(20)11-6-12-23)25-15-18-9-5-13-27(18)16-17-7-3-2-4-8-17/h2-4,7-8,18-21H,5-6,9-16H2,1H3,(H2,24,25,26). The lowest BCUT2D eigenvalue weighted by atomic mass is 9.46. The highest BCUT2D eigenvalue weighted by molar-refractivity contribution is 5.80. The third-order valence-corrected chi connectivity index (χ3v) is 7.78. The minimum Gasteiger partial charge on any atom is -0.377 e. The summed E-state index contributed by atoms with van der Waals surface area (Å²) in [6.45, 7) is 4.15. The molecule has 5 nitrogen and oxygen atoms in total. The van der Waals surface area contributed by atoms with E-state index in [1.165, 1.54) is 50.6 Å². The SMILES string of the molecule is CN=C(NCC1CCCN1Cc1ccccc1)NC1C2CCOC2C12CCC2. The molecule has 5 rings (SSSR count). The summed E-state index contributed by atoms with van der Waals surface area (Å²) in [6, 6.07) is 12.0. The molecule has 1 spiro atoms. The Morgan fingerprint density at radius 1 is 1.21 bits per heavy atom.